The SMILES string of the molecule is CCOc1ccc(NS(=O)(=O)c2cc(C(=O)N(C)OC)ccc2Cl)cc1. The lowest BCUT2D eigenvalue weighted by molar-refractivity contribution is -0.0757. The standard InChI is InChI=1S/C17H19ClN2O5S/c1-4-25-14-8-6-13(7-9-14)19-26(22,23)16-11-12(5-10-15(16)18)17(21)20(2)24-3/h5-11,19H,4H2,1-3H3. The molecule has 0 fully saturated rings. The molecule has 2 rings (SSSR count). The fraction of sp³-hybridized carbons (Fsp3) is 0.235. The van der Waals surface area contributed by atoms with Crippen molar-refractivity contribution in [1.82, 2.24) is 5.06 Å². The third-order valence-electron chi connectivity index (χ3n) is 3.45. The number of nitrogens with one attached hydrogen (secondary N) is 1. The Morgan fingerprint density at radius 2 is 1.85 bits per heavy atom. The fourth-order valence-electron chi connectivity index (χ4n) is 2.10. The average Bonchev–Trinajstić information content (AvgIpc) is 2.62. The van der Waals surface area contributed by atoms with E-state index >= 15 is 0 Å². The number of ether oxygens (including phenoxy) is 1. The Hall–Kier alpha value is -2.29. The minimum Gasteiger partial charge on any atom is -0.494 e. The number of carbonyl (C=O) groups excluding carboxylic acids is 1. The van der Waals surface area contributed by atoms with Crippen LogP contribution in [-0.4, -0.2) is 40.2 Å². The maximum Gasteiger partial charge on any atom is 0.277 e. The molecule has 0 aliphatic rings. The van der Waals surface area contributed by atoms with Crippen molar-refractivity contribution in [2.75, 3.05) is 25.5 Å². The first-order valence-corrected chi connectivity index (χ1v) is 9.52. The summed E-state index contributed by atoms with van der Waals surface area (Å²) in [6.45, 7) is 2.37. The second-order valence-electron chi connectivity index (χ2n) is 5.19. The van der Waals surface area contributed by atoms with E-state index in [1.807, 2.05) is 6.92 Å². The van der Waals surface area contributed by atoms with Crippen molar-refractivity contribution >= 4 is 33.2 Å². The number of amides is 1. The third-order valence-corrected chi connectivity index (χ3v) is 5.31. The Morgan fingerprint density at radius 1 is 1.19 bits per heavy atom. The quantitative estimate of drug-likeness (QED) is 0.724. The number of nitrogens with zero attached hydrogens (tertiary/aromatic N) is 1. The van der Waals surface area contributed by atoms with E-state index in [0.717, 1.165) is 5.06 Å². The number of halogens is 1. The molecular weight excluding hydrogens is 380 g/mol. The normalized spacial score (nSPS) is 11.1. The van der Waals surface area contributed by atoms with Gasteiger partial charge in [0.15, 0.2) is 0 Å². The van der Waals surface area contributed by atoms with Gasteiger partial charge in [0.2, 0.25) is 0 Å². The van der Waals surface area contributed by atoms with E-state index in [9.17, 15) is 13.2 Å². The molecule has 0 unspecified atom stereocenters. The molecule has 2 aromatic rings. The smallest absolute Gasteiger partial charge is 0.277 e. The van der Waals surface area contributed by atoms with Gasteiger partial charge in [0.25, 0.3) is 15.9 Å². The summed E-state index contributed by atoms with van der Waals surface area (Å²) in [6.07, 6.45) is 0. The summed E-state index contributed by atoms with van der Waals surface area (Å²) in [5.74, 6) is 0.130. The van der Waals surface area contributed by atoms with Crippen molar-refractivity contribution in [3.8, 4) is 5.75 Å². The lowest BCUT2D eigenvalue weighted by Crippen LogP contribution is -2.25. The topological polar surface area (TPSA) is 84.9 Å². The van der Waals surface area contributed by atoms with Gasteiger partial charge in [-0.1, -0.05) is 11.6 Å². The predicted molar refractivity (Wildman–Crippen MR) is 99.0 cm³/mol. The highest BCUT2D eigenvalue weighted by Crippen LogP contribution is 2.26. The summed E-state index contributed by atoms with van der Waals surface area (Å²) in [4.78, 5) is 16.8. The first kappa shape index (κ1) is 20.0. The highest BCUT2D eigenvalue weighted by atomic mass is 35.5. The van der Waals surface area contributed by atoms with Crippen LogP contribution in [0.1, 0.15) is 17.3 Å². The van der Waals surface area contributed by atoms with Gasteiger partial charge in [-0.2, -0.15) is 0 Å². The predicted octanol–water partition coefficient (Wildman–Crippen LogP) is 3.17. The van der Waals surface area contributed by atoms with Crippen molar-refractivity contribution in [2.45, 2.75) is 11.8 Å². The Labute approximate surface area is 157 Å². The van der Waals surface area contributed by atoms with Gasteiger partial charge in [0.05, 0.1) is 18.7 Å². The van der Waals surface area contributed by atoms with Crippen LogP contribution in [0.15, 0.2) is 47.4 Å². The van der Waals surface area contributed by atoms with Crippen molar-refractivity contribution < 1.29 is 22.8 Å². The lowest BCUT2D eigenvalue weighted by atomic mass is 10.2. The molecule has 140 valence electrons. The van der Waals surface area contributed by atoms with Crippen LogP contribution in [0.2, 0.25) is 5.02 Å². The van der Waals surface area contributed by atoms with Gasteiger partial charge < -0.3 is 4.74 Å². The van der Waals surface area contributed by atoms with Gasteiger partial charge >= 0.3 is 0 Å². The second-order valence-corrected chi connectivity index (χ2v) is 7.25. The molecule has 1 N–H and O–H groups in total. The van der Waals surface area contributed by atoms with Crippen LogP contribution in [0.3, 0.4) is 0 Å². The van der Waals surface area contributed by atoms with Gasteiger partial charge in [0.1, 0.15) is 10.6 Å². The Morgan fingerprint density at radius 3 is 2.42 bits per heavy atom. The van der Waals surface area contributed by atoms with Gasteiger partial charge in [-0.15, -0.1) is 0 Å². The van der Waals surface area contributed by atoms with Gasteiger partial charge in [0, 0.05) is 18.3 Å². The maximum atomic E-state index is 12.7. The highest BCUT2D eigenvalue weighted by molar-refractivity contribution is 7.92. The molecule has 0 spiro atoms. The first-order chi connectivity index (χ1) is 12.3. The Kier molecular flexibility index (Phi) is 6.47. The molecule has 0 saturated heterocycles. The summed E-state index contributed by atoms with van der Waals surface area (Å²) in [5.41, 5.74) is 0.473. The summed E-state index contributed by atoms with van der Waals surface area (Å²) in [5, 5.41) is 0.986. The summed E-state index contributed by atoms with van der Waals surface area (Å²) in [7, 11) is -1.24. The zero-order valence-electron chi connectivity index (χ0n) is 14.5. The second kappa shape index (κ2) is 8.39. The number of hydrogen-bond acceptors (Lipinski definition) is 5. The summed E-state index contributed by atoms with van der Waals surface area (Å²) < 4.78 is 33.1. The van der Waals surface area contributed by atoms with E-state index < -0.39 is 15.9 Å². The number of rotatable bonds is 7. The van der Waals surface area contributed by atoms with E-state index in [2.05, 4.69) is 4.72 Å². The van der Waals surface area contributed by atoms with E-state index in [1.54, 1.807) is 24.3 Å². The van der Waals surface area contributed by atoms with Gasteiger partial charge in [-0.05, 0) is 49.4 Å². The minimum absolute atomic E-state index is 0.0000522. The van der Waals surface area contributed by atoms with Crippen LogP contribution in [-0.2, 0) is 14.9 Å². The maximum absolute atomic E-state index is 12.7. The van der Waals surface area contributed by atoms with Crippen LogP contribution in [0.5, 0.6) is 5.75 Å². The van der Waals surface area contributed by atoms with E-state index in [-0.39, 0.29) is 15.5 Å². The third kappa shape index (κ3) is 4.66. The van der Waals surface area contributed by atoms with Crippen molar-refractivity contribution in [1.29, 1.82) is 0 Å². The van der Waals surface area contributed by atoms with E-state index in [0.29, 0.717) is 18.0 Å². The average molecular weight is 399 g/mol. The van der Waals surface area contributed by atoms with Crippen molar-refractivity contribution in [3.05, 3.63) is 53.1 Å². The van der Waals surface area contributed by atoms with Crippen LogP contribution >= 0.6 is 11.6 Å². The van der Waals surface area contributed by atoms with Gasteiger partial charge in [-0.3, -0.25) is 14.4 Å². The fourth-order valence-corrected chi connectivity index (χ4v) is 3.69. The van der Waals surface area contributed by atoms with Crippen LogP contribution in [0.4, 0.5) is 5.69 Å². The monoisotopic (exact) mass is 398 g/mol. The number of sulfonamides is 1. The molecule has 0 heterocycles. The van der Waals surface area contributed by atoms with Crippen molar-refractivity contribution in [2.24, 2.45) is 0 Å². The number of benzene rings is 2. The van der Waals surface area contributed by atoms with E-state index in [1.165, 1.54) is 32.4 Å². The van der Waals surface area contributed by atoms with Crippen molar-refractivity contribution in [3.63, 3.8) is 0 Å². The highest BCUT2D eigenvalue weighted by Gasteiger charge is 2.21. The molecule has 0 aliphatic carbocycles. The largest absolute Gasteiger partial charge is 0.494 e. The summed E-state index contributed by atoms with van der Waals surface area (Å²) >= 11 is 6.04. The molecule has 0 bridgehead atoms. The molecule has 0 radical (unpaired) electrons. The summed E-state index contributed by atoms with van der Waals surface area (Å²) in [6, 6.07) is 10.4. The minimum atomic E-state index is -3.99. The number of anilines is 1. The molecule has 0 saturated carbocycles. The van der Waals surface area contributed by atoms with E-state index in [4.69, 9.17) is 21.2 Å². The molecule has 7 nitrogen and oxygen atoms in total. The Balaban J connectivity index is 2.31. The van der Waals surface area contributed by atoms with Crippen LogP contribution < -0.4 is 9.46 Å². The lowest BCUT2D eigenvalue weighted by Gasteiger charge is -2.15. The van der Waals surface area contributed by atoms with Crippen LogP contribution in [0.25, 0.3) is 0 Å². The molecule has 26 heavy (non-hydrogen) atoms. The van der Waals surface area contributed by atoms with Crippen LogP contribution in [0, 0.1) is 0 Å². The Bertz CT molecular complexity index is 885. The molecule has 0 aliphatic heterocycles. The molecule has 0 aromatic heterocycles. The number of hydroxylamine groups is 2. The molecule has 9 heteroatoms. The number of hydrogen-bond donors (Lipinski definition) is 1. The molecular formula is C17H19ClN2O5S. The first-order valence-electron chi connectivity index (χ1n) is 7.66. The zero-order chi connectivity index (χ0) is 19.3. The zero-order valence-corrected chi connectivity index (χ0v) is 16.1. The van der Waals surface area contributed by atoms with Gasteiger partial charge in [-0.25, -0.2) is 13.5 Å². The number of carbonyl (C=O) groups is 1. The molecule has 0 atom stereocenters. The molecule has 2 aromatic carbocycles. The molecule has 1 amide bonds.